The Hall–Kier alpha value is -2.48. The van der Waals surface area contributed by atoms with Crippen molar-refractivity contribution in [2.45, 2.75) is 40.3 Å². The van der Waals surface area contributed by atoms with E-state index in [1.807, 2.05) is 47.9 Å². The van der Waals surface area contributed by atoms with Crippen LogP contribution in [0, 0.1) is 19.8 Å². The Kier molecular flexibility index (Phi) is 4.59. The molecule has 0 fully saturated rings. The van der Waals surface area contributed by atoms with Gasteiger partial charge >= 0.3 is 0 Å². The van der Waals surface area contributed by atoms with Gasteiger partial charge in [-0.2, -0.15) is 5.10 Å². The SMILES string of the molecule is Cc1cc(C)n(CC(C)C(=O)N2CCc3nc4ccsc4c(=O)n3CC2)n1. The van der Waals surface area contributed by atoms with E-state index >= 15 is 0 Å². The van der Waals surface area contributed by atoms with Crippen LogP contribution in [-0.4, -0.2) is 43.2 Å². The molecule has 0 N–H and O–H groups in total. The van der Waals surface area contributed by atoms with E-state index in [1.54, 1.807) is 4.57 Å². The summed E-state index contributed by atoms with van der Waals surface area (Å²) in [5.74, 6) is 0.704. The monoisotopic (exact) mass is 385 g/mol. The molecular weight excluding hydrogens is 362 g/mol. The number of rotatable bonds is 3. The van der Waals surface area contributed by atoms with E-state index in [4.69, 9.17) is 0 Å². The highest BCUT2D eigenvalue weighted by atomic mass is 32.1. The van der Waals surface area contributed by atoms with Crippen molar-refractivity contribution in [3.8, 4) is 0 Å². The van der Waals surface area contributed by atoms with Gasteiger partial charge in [-0.25, -0.2) is 4.98 Å². The maximum atomic E-state index is 13.0. The summed E-state index contributed by atoms with van der Waals surface area (Å²) < 4.78 is 4.32. The van der Waals surface area contributed by atoms with Gasteiger partial charge in [0.15, 0.2) is 0 Å². The molecule has 0 saturated heterocycles. The van der Waals surface area contributed by atoms with Gasteiger partial charge in [0.1, 0.15) is 10.5 Å². The van der Waals surface area contributed by atoms with Crippen LogP contribution in [-0.2, 0) is 24.3 Å². The van der Waals surface area contributed by atoms with Gasteiger partial charge in [-0.05, 0) is 31.4 Å². The molecule has 7 nitrogen and oxygen atoms in total. The number of fused-ring (bicyclic) bond motifs is 2. The Morgan fingerprint density at radius 3 is 2.85 bits per heavy atom. The summed E-state index contributed by atoms with van der Waals surface area (Å²) in [6.07, 6.45) is 0.597. The van der Waals surface area contributed by atoms with Crippen LogP contribution in [0.3, 0.4) is 0 Å². The molecule has 4 heterocycles. The molecule has 1 amide bonds. The third-order valence-corrected chi connectivity index (χ3v) is 6.02. The number of aryl methyl sites for hydroxylation is 2. The summed E-state index contributed by atoms with van der Waals surface area (Å²) in [5.41, 5.74) is 2.79. The zero-order valence-corrected chi connectivity index (χ0v) is 16.6. The molecule has 3 aromatic heterocycles. The number of aromatic nitrogens is 4. The van der Waals surface area contributed by atoms with Crippen molar-refractivity contribution in [2.75, 3.05) is 13.1 Å². The highest BCUT2D eigenvalue weighted by molar-refractivity contribution is 7.17. The summed E-state index contributed by atoms with van der Waals surface area (Å²) >= 11 is 1.42. The molecule has 0 aromatic carbocycles. The Labute approximate surface area is 161 Å². The lowest BCUT2D eigenvalue weighted by atomic mass is 10.1. The molecule has 1 aliphatic heterocycles. The number of nitrogens with zero attached hydrogens (tertiary/aromatic N) is 5. The van der Waals surface area contributed by atoms with Crippen molar-refractivity contribution in [3.63, 3.8) is 0 Å². The van der Waals surface area contributed by atoms with Gasteiger partial charge in [0.2, 0.25) is 5.91 Å². The van der Waals surface area contributed by atoms with Gasteiger partial charge in [-0.15, -0.1) is 11.3 Å². The van der Waals surface area contributed by atoms with Crippen molar-refractivity contribution in [1.82, 2.24) is 24.2 Å². The largest absolute Gasteiger partial charge is 0.340 e. The maximum absolute atomic E-state index is 13.0. The second-order valence-corrected chi connectivity index (χ2v) is 8.12. The van der Waals surface area contributed by atoms with E-state index in [1.165, 1.54) is 11.3 Å². The number of thiophene rings is 1. The summed E-state index contributed by atoms with van der Waals surface area (Å²) in [6, 6.07) is 3.90. The molecular formula is C19H23N5O2S. The van der Waals surface area contributed by atoms with E-state index in [0.29, 0.717) is 37.3 Å². The van der Waals surface area contributed by atoms with Crippen LogP contribution in [0.1, 0.15) is 24.1 Å². The molecule has 3 aromatic rings. The first kappa shape index (κ1) is 17.9. The quantitative estimate of drug-likeness (QED) is 0.691. The summed E-state index contributed by atoms with van der Waals surface area (Å²) in [4.78, 5) is 32.2. The highest BCUT2D eigenvalue weighted by Gasteiger charge is 2.25. The average Bonchev–Trinajstić information content (AvgIpc) is 3.15. The number of carbonyl (C=O) groups excluding carboxylic acids is 1. The van der Waals surface area contributed by atoms with Crippen LogP contribution in [0.2, 0.25) is 0 Å². The molecule has 1 atom stereocenters. The molecule has 0 spiro atoms. The van der Waals surface area contributed by atoms with E-state index in [0.717, 1.165) is 22.7 Å². The van der Waals surface area contributed by atoms with Gasteiger partial charge in [-0.1, -0.05) is 6.92 Å². The van der Waals surface area contributed by atoms with Crippen molar-refractivity contribution >= 4 is 27.5 Å². The molecule has 1 unspecified atom stereocenters. The van der Waals surface area contributed by atoms with Gasteiger partial charge in [-0.3, -0.25) is 18.8 Å². The lowest BCUT2D eigenvalue weighted by Crippen LogP contribution is -2.39. The Bertz CT molecular complexity index is 1060. The summed E-state index contributed by atoms with van der Waals surface area (Å²) in [5, 5.41) is 6.36. The maximum Gasteiger partial charge on any atom is 0.271 e. The fourth-order valence-electron chi connectivity index (χ4n) is 3.71. The number of carbonyl (C=O) groups is 1. The van der Waals surface area contributed by atoms with E-state index < -0.39 is 0 Å². The number of hydrogen-bond acceptors (Lipinski definition) is 5. The van der Waals surface area contributed by atoms with Crippen LogP contribution in [0.4, 0.5) is 0 Å². The minimum atomic E-state index is -0.169. The van der Waals surface area contributed by atoms with Gasteiger partial charge in [0.25, 0.3) is 5.56 Å². The van der Waals surface area contributed by atoms with Crippen molar-refractivity contribution in [1.29, 1.82) is 0 Å². The predicted molar refractivity (Wildman–Crippen MR) is 105 cm³/mol. The average molecular weight is 385 g/mol. The number of amides is 1. The lowest BCUT2D eigenvalue weighted by Gasteiger charge is -2.24. The summed E-state index contributed by atoms with van der Waals surface area (Å²) in [7, 11) is 0. The van der Waals surface area contributed by atoms with Gasteiger partial charge in [0, 0.05) is 31.7 Å². The predicted octanol–water partition coefficient (Wildman–Crippen LogP) is 1.99. The van der Waals surface area contributed by atoms with Gasteiger partial charge < -0.3 is 4.90 Å². The summed E-state index contributed by atoms with van der Waals surface area (Å²) in [6.45, 7) is 8.08. The lowest BCUT2D eigenvalue weighted by molar-refractivity contribution is -0.135. The third-order valence-electron chi connectivity index (χ3n) is 5.13. The minimum Gasteiger partial charge on any atom is -0.340 e. The Morgan fingerprint density at radius 2 is 2.11 bits per heavy atom. The zero-order chi connectivity index (χ0) is 19.1. The van der Waals surface area contributed by atoms with Crippen LogP contribution in [0.25, 0.3) is 10.2 Å². The highest BCUT2D eigenvalue weighted by Crippen LogP contribution is 2.17. The van der Waals surface area contributed by atoms with E-state index in [9.17, 15) is 9.59 Å². The normalized spacial score (nSPS) is 15.6. The molecule has 0 radical (unpaired) electrons. The third kappa shape index (κ3) is 3.29. The fourth-order valence-corrected chi connectivity index (χ4v) is 4.49. The van der Waals surface area contributed by atoms with Crippen molar-refractivity contribution < 1.29 is 4.79 Å². The van der Waals surface area contributed by atoms with E-state index in [2.05, 4.69) is 10.1 Å². The zero-order valence-electron chi connectivity index (χ0n) is 15.8. The molecule has 8 heteroatoms. The first-order valence-corrected chi connectivity index (χ1v) is 10.1. The van der Waals surface area contributed by atoms with Gasteiger partial charge in [0.05, 0.1) is 23.7 Å². The topological polar surface area (TPSA) is 73.0 Å². The van der Waals surface area contributed by atoms with E-state index in [-0.39, 0.29) is 17.4 Å². The van der Waals surface area contributed by atoms with Crippen LogP contribution in [0.15, 0.2) is 22.3 Å². The Balaban J connectivity index is 1.50. The molecule has 1 aliphatic rings. The first-order valence-electron chi connectivity index (χ1n) is 9.21. The molecule has 4 rings (SSSR count). The molecule has 142 valence electrons. The smallest absolute Gasteiger partial charge is 0.271 e. The minimum absolute atomic E-state index is 0.00925. The van der Waals surface area contributed by atoms with Crippen LogP contribution >= 0.6 is 11.3 Å². The van der Waals surface area contributed by atoms with Crippen molar-refractivity contribution in [2.24, 2.45) is 5.92 Å². The molecule has 0 bridgehead atoms. The van der Waals surface area contributed by atoms with Crippen LogP contribution in [0.5, 0.6) is 0 Å². The van der Waals surface area contributed by atoms with Crippen LogP contribution < -0.4 is 5.56 Å². The second-order valence-electron chi connectivity index (χ2n) is 7.21. The standard InChI is InChI=1S/C19H23N5O2S/c1-12(11-24-14(3)10-13(2)21-24)18(25)22-6-4-16-20-15-5-9-27-17(15)19(26)23(16)8-7-22/h5,9-10,12H,4,6-8,11H2,1-3H3. The molecule has 0 saturated carbocycles. The molecule has 0 aliphatic carbocycles. The van der Waals surface area contributed by atoms with Crippen molar-refractivity contribution in [3.05, 3.63) is 45.1 Å². The fraction of sp³-hybridized carbons (Fsp3) is 0.474. The Morgan fingerprint density at radius 1 is 1.30 bits per heavy atom. The number of hydrogen-bond donors (Lipinski definition) is 0. The molecule has 27 heavy (non-hydrogen) atoms. The first-order chi connectivity index (χ1) is 12.9. The second kappa shape index (κ2) is 6.92.